The molecular weight excluding hydrogens is 449 g/mol. The molecule has 27 heavy (non-hydrogen) atoms. The normalized spacial score (nSPS) is 15.6. The van der Waals surface area contributed by atoms with Gasteiger partial charge < -0.3 is 9.64 Å². The lowest BCUT2D eigenvalue weighted by atomic mass is 10.1. The number of sulfonamides is 1. The van der Waals surface area contributed by atoms with Crippen LogP contribution < -0.4 is 9.62 Å². The van der Waals surface area contributed by atoms with Crippen molar-refractivity contribution in [3.05, 3.63) is 52.5 Å². The summed E-state index contributed by atoms with van der Waals surface area (Å²) in [6.45, 7) is 1.74. The predicted molar refractivity (Wildman–Crippen MR) is 99.4 cm³/mol. The fourth-order valence-electron chi connectivity index (χ4n) is 2.74. The fraction of sp³-hybridized carbons (Fsp3) is 0.294. The Bertz CT molecular complexity index is 929. The molecule has 1 heterocycles. The van der Waals surface area contributed by atoms with Crippen LogP contribution in [0.25, 0.3) is 0 Å². The van der Waals surface area contributed by atoms with Crippen LogP contribution in [0.2, 0.25) is 0 Å². The lowest BCUT2D eigenvalue weighted by molar-refractivity contribution is -0.137. The molecule has 0 spiro atoms. The van der Waals surface area contributed by atoms with Crippen molar-refractivity contribution in [3.63, 3.8) is 0 Å². The Balaban J connectivity index is 2.04. The Morgan fingerprint density at radius 2 is 1.74 bits per heavy atom. The first-order chi connectivity index (χ1) is 12.7. The molecule has 1 aliphatic rings. The molecule has 3 rings (SSSR count). The van der Waals surface area contributed by atoms with E-state index in [1.807, 2.05) is 0 Å². The molecule has 1 fully saturated rings. The zero-order chi connectivity index (χ0) is 19.7. The second-order valence-corrected chi connectivity index (χ2v) is 8.37. The molecule has 1 N–H and O–H groups in total. The third kappa shape index (κ3) is 4.56. The number of nitrogens with zero attached hydrogens (tertiary/aromatic N) is 1. The van der Waals surface area contributed by atoms with Crippen LogP contribution in [-0.2, 0) is 20.9 Å². The number of hydrogen-bond donors (Lipinski definition) is 1. The van der Waals surface area contributed by atoms with Gasteiger partial charge in [-0.1, -0.05) is 12.1 Å². The highest BCUT2D eigenvalue weighted by Crippen LogP contribution is 2.37. The summed E-state index contributed by atoms with van der Waals surface area (Å²) in [4.78, 5) is 1.73. The zero-order valence-electron chi connectivity index (χ0n) is 14.0. The molecule has 0 atom stereocenters. The summed E-state index contributed by atoms with van der Waals surface area (Å²) < 4.78 is 72.8. The van der Waals surface area contributed by atoms with Crippen LogP contribution >= 0.6 is 15.9 Å². The Morgan fingerprint density at radius 3 is 2.37 bits per heavy atom. The van der Waals surface area contributed by atoms with Gasteiger partial charge in [0.1, 0.15) is 4.90 Å². The van der Waals surface area contributed by atoms with Gasteiger partial charge in [0.05, 0.1) is 30.2 Å². The standard InChI is InChI=1S/C17H16BrF3N2O3S/c18-13-3-1-2-4-16(13)27(24,25)22-14-11-12(17(19,20)21)5-6-15(14)23-7-9-26-10-8-23/h1-6,11,22H,7-10H2. The summed E-state index contributed by atoms with van der Waals surface area (Å²) in [6.07, 6.45) is -4.59. The van der Waals surface area contributed by atoms with Crippen molar-refractivity contribution >= 4 is 37.3 Å². The first-order valence-corrected chi connectivity index (χ1v) is 10.3. The van der Waals surface area contributed by atoms with Gasteiger partial charge in [0.15, 0.2) is 0 Å². The Labute approximate surface area is 163 Å². The average Bonchev–Trinajstić information content (AvgIpc) is 2.61. The van der Waals surface area contributed by atoms with E-state index in [0.29, 0.717) is 36.5 Å². The maximum absolute atomic E-state index is 13.1. The summed E-state index contributed by atoms with van der Waals surface area (Å²) in [5.74, 6) is 0. The van der Waals surface area contributed by atoms with E-state index in [2.05, 4.69) is 20.7 Å². The largest absolute Gasteiger partial charge is 0.416 e. The van der Waals surface area contributed by atoms with Gasteiger partial charge in [-0.05, 0) is 46.3 Å². The SMILES string of the molecule is O=S(=O)(Nc1cc(C(F)(F)F)ccc1N1CCOCC1)c1ccccc1Br. The lowest BCUT2D eigenvalue weighted by Gasteiger charge is -2.31. The number of ether oxygens (including phenoxy) is 1. The van der Waals surface area contributed by atoms with Crippen molar-refractivity contribution in [3.8, 4) is 0 Å². The van der Waals surface area contributed by atoms with E-state index in [1.165, 1.54) is 18.2 Å². The maximum Gasteiger partial charge on any atom is 0.416 e. The summed E-state index contributed by atoms with van der Waals surface area (Å²) in [5.41, 5.74) is -0.672. The summed E-state index contributed by atoms with van der Waals surface area (Å²) >= 11 is 3.16. The molecule has 0 amide bonds. The number of hydrogen-bond acceptors (Lipinski definition) is 4. The van der Waals surface area contributed by atoms with Gasteiger partial charge in [-0.15, -0.1) is 0 Å². The van der Waals surface area contributed by atoms with Crippen molar-refractivity contribution in [1.29, 1.82) is 0 Å². The van der Waals surface area contributed by atoms with E-state index in [4.69, 9.17) is 4.74 Å². The number of alkyl halides is 3. The van der Waals surface area contributed by atoms with Crippen LogP contribution in [-0.4, -0.2) is 34.7 Å². The van der Waals surface area contributed by atoms with Gasteiger partial charge in [-0.3, -0.25) is 4.72 Å². The molecule has 0 saturated carbocycles. The van der Waals surface area contributed by atoms with Crippen LogP contribution in [0, 0.1) is 0 Å². The number of rotatable bonds is 4. The molecule has 0 radical (unpaired) electrons. The van der Waals surface area contributed by atoms with Crippen LogP contribution in [0.1, 0.15) is 5.56 Å². The van der Waals surface area contributed by atoms with E-state index in [0.717, 1.165) is 12.1 Å². The molecule has 1 saturated heterocycles. The van der Waals surface area contributed by atoms with Gasteiger partial charge in [0.25, 0.3) is 10.0 Å². The maximum atomic E-state index is 13.1. The summed E-state index contributed by atoms with van der Waals surface area (Å²) in [7, 11) is -4.09. The lowest BCUT2D eigenvalue weighted by Crippen LogP contribution is -2.36. The number of benzene rings is 2. The number of anilines is 2. The monoisotopic (exact) mass is 464 g/mol. The van der Waals surface area contributed by atoms with Crippen LogP contribution in [0.5, 0.6) is 0 Å². The van der Waals surface area contributed by atoms with Crippen LogP contribution in [0.4, 0.5) is 24.5 Å². The first-order valence-electron chi connectivity index (χ1n) is 8.00. The molecule has 0 bridgehead atoms. The topological polar surface area (TPSA) is 58.6 Å². The van der Waals surface area contributed by atoms with E-state index >= 15 is 0 Å². The van der Waals surface area contributed by atoms with Gasteiger partial charge in [-0.2, -0.15) is 13.2 Å². The minimum atomic E-state index is -4.59. The molecule has 2 aromatic rings. The number of morpholine rings is 1. The van der Waals surface area contributed by atoms with E-state index < -0.39 is 21.8 Å². The van der Waals surface area contributed by atoms with Crippen molar-refractivity contribution in [2.24, 2.45) is 0 Å². The second kappa shape index (κ2) is 7.69. The summed E-state index contributed by atoms with van der Waals surface area (Å²) in [5, 5.41) is 0. The van der Waals surface area contributed by atoms with Crippen molar-refractivity contribution < 1.29 is 26.3 Å². The minimum absolute atomic E-state index is 0.0599. The van der Waals surface area contributed by atoms with E-state index in [9.17, 15) is 21.6 Å². The van der Waals surface area contributed by atoms with E-state index in [-0.39, 0.29) is 10.6 Å². The Morgan fingerprint density at radius 1 is 1.07 bits per heavy atom. The highest BCUT2D eigenvalue weighted by molar-refractivity contribution is 9.10. The van der Waals surface area contributed by atoms with Crippen LogP contribution in [0.3, 0.4) is 0 Å². The highest BCUT2D eigenvalue weighted by Gasteiger charge is 2.32. The quantitative estimate of drug-likeness (QED) is 0.739. The third-order valence-electron chi connectivity index (χ3n) is 4.05. The van der Waals surface area contributed by atoms with Gasteiger partial charge >= 0.3 is 6.18 Å². The molecule has 0 aliphatic carbocycles. The average molecular weight is 465 g/mol. The van der Waals surface area contributed by atoms with Crippen molar-refractivity contribution in [2.75, 3.05) is 35.9 Å². The predicted octanol–water partition coefficient (Wildman–Crippen LogP) is 4.11. The molecule has 2 aromatic carbocycles. The Hall–Kier alpha value is -1.78. The second-order valence-electron chi connectivity index (χ2n) is 5.87. The molecule has 10 heteroatoms. The zero-order valence-corrected chi connectivity index (χ0v) is 16.4. The van der Waals surface area contributed by atoms with Crippen LogP contribution in [0.15, 0.2) is 51.8 Å². The molecule has 5 nitrogen and oxygen atoms in total. The molecule has 1 aliphatic heterocycles. The fourth-order valence-corrected chi connectivity index (χ4v) is 4.81. The molecule has 0 aromatic heterocycles. The molecule has 0 unspecified atom stereocenters. The highest BCUT2D eigenvalue weighted by atomic mass is 79.9. The number of nitrogens with one attached hydrogen (secondary N) is 1. The van der Waals surface area contributed by atoms with Crippen molar-refractivity contribution in [2.45, 2.75) is 11.1 Å². The Kier molecular flexibility index (Phi) is 5.68. The van der Waals surface area contributed by atoms with Gasteiger partial charge in [-0.25, -0.2) is 8.42 Å². The third-order valence-corrected chi connectivity index (χ3v) is 6.42. The first kappa shape index (κ1) is 20.0. The van der Waals surface area contributed by atoms with E-state index in [1.54, 1.807) is 17.0 Å². The van der Waals surface area contributed by atoms with Gasteiger partial charge in [0.2, 0.25) is 0 Å². The number of halogens is 4. The van der Waals surface area contributed by atoms with Gasteiger partial charge in [0, 0.05) is 17.6 Å². The molecule has 146 valence electrons. The van der Waals surface area contributed by atoms with Crippen molar-refractivity contribution in [1.82, 2.24) is 0 Å². The minimum Gasteiger partial charge on any atom is -0.378 e. The summed E-state index contributed by atoms with van der Waals surface area (Å²) in [6, 6.07) is 9.14. The smallest absolute Gasteiger partial charge is 0.378 e. The molecular formula is C17H16BrF3N2O3S.